The molecule has 0 saturated carbocycles. The van der Waals surface area contributed by atoms with Crippen LogP contribution >= 0.6 is 0 Å². The van der Waals surface area contributed by atoms with Gasteiger partial charge in [-0.3, -0.25) is 4.79 Å². The predicted octanol–water partition coefficient (Wildman–Crippen LogP) is 6.66. The summed E-state index contributed by atoms with van der Waals surface area (Å²) in [7, 11) is 0. The molecule has 188 valence electrons. The molecule has 17 heteroatoms. The molecule has 3 nitrogen and oxygen atoms in total. The fraction of sp³-hybridized carbons (Fsp3) is 0.0556. The number of ether oxygens (including phenoxy) is 2. The first-order chi connectivity index (χ1) is 16.0. The second-order valence-electron chi connectivity index (χ2n) is 6.19. The number of allylic oxidation sites excluding steroid dienone is 3. The minimum absolute atomic E-state index is 2.49. The highest BCUT2D eigenvalue weighted by molar-refractivity contribution is 6.07. The fourth-order valence-corrected chi connectivity index (χ4v) is 2.42. The first-order valence-corrected chi connectivity index (χ1v) is 8.17. The van der Waals surface area contributed by atoms with Crippen molar-refractivity contribution in [3.05, 3.63) is 75.6 Å². The first-order valence-electron chi connectivity index (χ1n) is 8.17. The Morgan fingerprint density at radius 2 is 0.800 bits per heavy atom. The van der Waals surface area contributed by atoms with Gasteiger partial charge in [0.25, 0.3) is 5.78 Å². The van der Waals surface area contributed by atoms with Crippen molar-refractivity contribution in [2.45, 2.75) is 5.92 Å². The molecule has 0 saturated heterocycles. The van der Waals surface area contributed by atoms with Gasteiger partial charge in [0.1, 0.15) is 0 Å². The van der Waals surface area contributed by atoms with Crippen molar-refractivity contribution in [1.82, 2.24) is 0 Å². The number of alkyl halides is 2. The Kier molecular flexibility index (Phi) is 6.24. The van der Waals surface area contributed by atoms with E-state index in [1.165, 1.54) is 0 Å². The summed E-state index contributed by atoms with van der Waals surface area (Å²) in [6, 6.07) is 0. The lowest BCUT2D eigenvalue weighted by atomic mass is 10.1. The average Bonchev–Trinajstić information content (AvgIpc) is 2.82. The number of ketones is 1. The number of halogens is 14. The summed E-state index contributed by atoms with van der Waals surface area (Å²) >= 11 is 0. The second kappa shape index (κ2) is 8.46. The summed E-state index contributed by atoms with van der Waals surface area (Å²) in [5.74, 6) is -53.9. The van der Waals surface area contributed by atoms with Gasteiger partial charge < -0.3 is 9.47 Å². The summed E-state index contributed by atoms with van der Waals surface area (Å²) in [5.41, 5.74) is 0. The normalized spacial score (nSPS) is 15.8. The maximum absolute atomic E-state index is 14.6. The molecular formula is C18F14O3. The summed E-state index contributed by atoms with van der Waals surface area (Å²) in [6.07, 6.45) is 0. The molecule has 2 aromatic rings. The van der Waals surface area contributed by atoms with Crippen molar-refractivity contribution in [1.29, 1.82) is 0 Å². The lowest BCUT2D eigenvalue weighted by Gasteiger charge is -2.21. The molecule has 2 aromatic carbocycles. The van der Waals surface area contributed by atoms with E-state index >= 15 is 0 Å². The summed E-state index contributed by atoms with van der Waals surface area (Å²) < 4.78 is 198. The fourth-order valence-electron chi connectivity index (χ4n) is 2.42. The molecule has 0 spiro atoms. The van der Waals surface area contributed by atoms with Crippen LogP contribution in [0.15, 0.2) is 23.2 Å². The zero-order chi connectivity index (χ0) is 26.7. The van der Waals surface area contributed by atoms with E-state index in [1.807, 2.05) is 0 Å². The van der Waals surface area contributed by atoms with E-state index < -0.39 is 105 Å². The van der Waals surface area contributed by atoms with Gasteiger partial charge in [-0.2, -0.15) is 35.1 Å². The van der Waals surface area contributed by atoms with E-state index in [0.717, 1.165) is 0 Å². The van der Waals surface area contributed by atoms with Crippen LogP contribution < -0.4 is 9.47 Å². The molecule has 1 aliphatic rings. The van der Waals surface area contributed by atoms with E-state index in [2.05, 4.69) is 9.47 Å². The van der Waals surface area contributed by atoms with Crippen molar-refractivity contribution in [2.24, 2.45) is 0 Å². The number of rotatable bonds is 4. The van der Waals surface area contributed by atoms with Gasteiger partial charge in [-0.05, 0) is 0 Å². The van der Waals surface area contributed by atoms with E-state index in [-0.39, 0.29) is 0 Å². The highest BCUT2D eigenvalue weighted by atomic mass is 19.3. The molecule has 35 heavy (non-hydrogen) atoms. The highest BCUT2D eigenvalue weighted by Crippen LogP contribution is 2.45. The summed E-state index contributed by atoms with van der Waals surface area (Å²) in [4.78, 5) is 11.5. The average molecular weight is 530 g/mol. The van der Waals surface area contributed by atoms with Gasteiger partial charge in [0, 0.05) is 0 Å². The smallest absolute Gasteiger partial charge is 0.356 e. The lowest BCUT2D eigenvalue weighted by molar-refractivity contribution is -0.118. The van der Waals surface area contributed by atoms with Crippen LogP contribution in [0.5, 0.6) is 17.2 Å². The monoisotopic (exact) mass is 530 g/mol. The van der Waals surface area contributed by atoms with Gasteiger partial charge in [0.2, 0.25) is 92.8 Å². The van der Waals surface area contributed by atoms with E-state index in [1.54, 1.807) is 0 Å². The predicted molar refractivity (Wildman–Crippen MR) is 80.5 cm³/mol. The van der Waals surface area contributed by atoms with Gasteiger partial charge in [0.15, 0.2) is 0 Å². The number of hydrogen-bond acceptors (Lipinski definition) is 3. The van der Waals surface area contributed by atoms with Gasteiger partial charge in [-0.1, -0.05) is 0 Å². The zero-order valence-electron chi connectivity index (χ0n) is 15.5. The molecule has 0 heterocycles. The molecule has 0 atom stereocenters. The number of carbonyl (C=O) groups is 1. The first kappa shape index (κ1) is 25.8. The van der Waals surface area contributed by atoms with Crippen LogP contribution in [-0.2, 0) is 4.79 Å². The van der Waals surface area contributed by atoms with Crippen LogP contribution in [0, 0.1) is 52.4 Å². The Balaban J connectivity index is 2.21. The van der Waals surface area contributed by atoms with Crippen molar-refractivity contribution in [3.8, 4) is 17.2 Å². The highest BCUT2D eigenvalue weighted by Gasteiger charge is 2.53. The SMILES string of the molecule is O=C1C(F)=C(F)C(F)(F)C(F)=C1Oc1c(F)c(F)c(F)c(Oc2c(F)c(F)c(F)c(F)c2F)c1F. The summed E-state index contributed by atoms with van der Waals surface area (Å²) in [5, 5.41) is 0. The maximum Gasteiger partial charge on any atom is 0.356 e. The van der Waals surface area contributed by atoms with Crippen LogP contribution in [-0.4, -0.2) is 11.7 Å². The topological polar surface area (TPSA) is 35.5 Å². The van der Waals surface area contributed by atoms with Crippen LogP contribution in [0.25, 0.3) is 0 Å². The molecule has 0 radical (unpaired) electrons. The van der Waals surface area contributed by atoms with Gasteiger partial charge in [0.05, 0.1) is 0 Å². The molecule has 0 fully saturated rings. The molecular weight excluding hydrogens is 530 g/mol. The van der Waals surface area contributed by atoms with E-state index in [0.29, 0.717) is 0 Å². The molecule has 0 unspecified atom stereocenters. The third kappa shape index (κ3) is 3.74. The van der Waals surface area contributed by atoms with Gasteiger partial charge >= 0.3 is 5.92 Å². The Labute approximate surface area is 181 Å². The van der Waals surface area contributed by atoms with Crippen molar-refractivity contribution >= 4 is 5.78 Å². The standard InChI is InChI=1S/C18F14O3/c19-1-2(20)5(23)12(6(24)3(1)21)34-13-7(25)4(22)8(26)14(10(13)28)35-15-11(33)9(27)16(29)18(31,32)17(15)30. The Hall–Kier alpha value is -3.79. The van der Waals surface area contributed by atoms with Crippen molar-refractivity contribution in [2.75, 3.05) is 0 Å². The number of Topliss-reactive ketones (excluding diaryl/α,β-unsaturated/α-hetero) is 1. The zero-order valence-corrected chi connectivity index (χ0v) is 15.5. The largest absolute Gasteiger partial charge is 0.444 e. The van der Waals surface area contributed by atoms with Crippen molar-refractivity contribution in [3.63, 3.8) is 0 Å². The molecule has 0 bridgehead atoms. The summed E-state index contributed by atoms with van der Waals surface area (Å²) in [6.45, 7) is 0. The molecule has 0 amide bonds. The second-order valence-corrected chi connectivity index (χ2v) is 6.19. The van der Waals surface area contributed by atoms with E-state index in [9.17, 15) is 66.3 Å². The lowest BCUT2D eigenvalue weighted by Crippen LogP contribution is -2.31. The maximum atomic E-state index is 14.6. The minimum Gasteiger partial charge on any atom is -0.444 e. The van der Waals surface area contributed by atoms with Gasteiger partial charge in [-0.15, -0.1) is 0 Å². The van der Waals surface area contributed by atoms with Gasteiger partial charge in [-0.25, -0.2) is 26.3 Å². The molecule has 0 aromatic heterocycles. The van der Waals surface area contributed by atoms with E-state index in [4.69, 9.17) is 0 Å². The number of benzene rings is 2. The van der Waals surface area contributed by atoms with Crippen LogP contribution in [0.4, 0.5) is 61.5 Å². The van der Waals surface area contributed by atoms with Crippen LogP contribution in [0.1, 0.15) is 0 Å². The Bertz CT molecular complexity index is 1330. The third-order valence-corrected chi connectivity index (χ3v) is 4.11. The quantitative estimate of drug-likeness (QED) is 0.252. The molecule has 3 rings (SSSR count). The van der Waals surface area contributed by atoms with Crippen LogP contribution in [0.2, 0.25) is 0 Å². The minimum atomic E-state index is -5.58. The Morgan fingerprint density at radius 1 is 0.457 bits per heavy atom. The Morgan fingerprint density at radius 3 is 1.26 bits per heavy atom. The molecule has 0 aliphatic heterocycles. The van der Waals surface area contributed by atoms with Crippen LogP contribution in [0.3, 0.4) is 0 Å². The molecule has 0 N–H and O–H groups in total. The number of hydrogen-bond donors (Lipinski definition) is 0. The third-order valence-electron chi connectivity index (χ3n) is 4.11. The molecule has 1 aliphatic carbocycles. The van der Waals surface area contributed by atoms with Crippen molar-refractivity contribution < 1.29 is 75.7 Å². The number of carbonyl (C=O) groups excluding carboxylic acids is 1.